The molecule has 0 aliphatic carbocycles. The molecule has 100 valence electrons. The van der Waals surface area contributed by atoms with Crippen molar-refractivity contribution < 1.29 is 9.50 Å². The molecule has 6 heteroatoms. The summed E-state index contributed by atoms with van der Waals surface area (Å²) in [7, 11) is 1.70. The van der Waals surface area contributed by atoms with Crippen molar-refractivity contribution in [2.75, 3.05) is 30.4 Å². The van der Waals surface area contributed by atoms with Crippen molar-refractivity contribution in [3.63, 3.8) is 0 Å². The second kappa shape index (κ2) is 5.06. The largest absolute Gasteiger partial charge is 0.390 e. The molecule has 18 heavy (non-hydrogen) atoms. The lowest BCUT2D eigenvalue weighted by atomic mass is 9.98. The van der Waals surface area contributed by atoms with Crippen LogP contribution in [0.4, 0.5) is 16.2 Å². The van der Waals surface area contributed by atoms with E-state index in [1.165, 1.54) is 6.20 Å². The molecule has 1 aromatic heterocycles. The van der Waals surface area contributed by atoms with Gasteiger partial charge in [0.2, 0.25) is 5.95 Å². The van der Waals surface area contributed by atoms with Gasteiger partial charge in [-0.25, -0.2) is 9.37 Å². The van der Waals surface area contributed by atoms with Crippen molar-refractivity contribution in [3.05, 3.63) is 12.0 Å². The van der Waals surface area contributed by atoms with Crippen molar-refractivity contribution in [1.29, 1.82) is 0 Å². The van der Waals surface area contributed by atoms with Crippen LogP contribution in [0.5, 0.6) is 0 Å². The minimum Gasteiger partial charge on any atom is -0.390 e. The molecular formula is C12H19FN4O. The van der Waals surface area contributed by atoms with E-state index in [-0.39, 0.29) is 0 Å². The molecular weight excluding hydrogens is 235 g/mol. The Morgan fingerprint density at radius 3 is 2.94 bits per heavy atom. The van der Waals surface area contributed by atoms with E-state index >= 15 is 0 Å². The first-order chi connectivity index (χ1) is 8.52. The lowest BCUT2D eigenvalue weighted by Gasteiger charge is -2.23. The van der Waals surface area contributed by atoms with E-state index in [0.29, 0.717) is 31.3 Å². The zero-order valence-corrected chi connectivity index (χ0v) is 10.8. The highest BCUT2D eigenvalue weighted by Crippen LogP contribution is 2.25. The van der Waals surface area contributed by atoms with Crippen LogP contribution in [-0.2, 0) is 0 Å². The van der Waals surface area contributed by atoms with E-state index in [4.69, 9.17) is 0 Å². The minimum atomic E-state index is -0.663. The number of halogens is 1. The van der Waals surface area contributed by atoms with Gasteiger partial charge in [-0.2, -0.15) is 4.98 Å². The van der Waals surface area contributed by atoms with Gasteiger partial charge in [0.25, 0.3) is 0 Å². The maximum atomic E-state index is 13.8. The molecule has 1 aliphatic rings. The van der Waals surface area contributed by atoms with Crippen molar-refractivity contribution in [3.8, 4) is 0 Å². The summed E-state index contributed by atoms with van der Waals surface area (Å²) in [6, 6.07) is 0. The molecule has 0 saturated carbocycles. The van der Waals surface area contributed by atoms with Gasteiger partial charge >= 0.3 is 0 Å². The van der Waals surface area contributed by atoms with Gasteiger partial charge in [-0.3, -0.25) is 0 Å². The number of nitrogens with zero attached hydrogens (tertiary/aromatic N) is 3. The molecule has 0 radical (unpaired) electrons. The van der Waals surface area contributed by atoms with Crippen LogP contribution in [0.15, 0.2) is 6.20 Å². The number of hydrogen-bond acceptors (Lipinski definition) is 5. The predicted molar refractivity (Wildman–Crippen MR) is 68.2 cm³/mol. The maximum absolute atomic E-state index is 13.8. The molecule has 0 amide bonds. The van der Waals surface area contributed by atoms with Gasteiger partial charge in [-0.1, -0.05) is 0 Å². The van der Waals surface area contributed by atoms with Gasteiger partial charge in [0.05, 0.1) is 11.8 Å². The SMILES string of the molecule is CNc1ncc(F)c(N2CCCC(C)(O)CC2)n1. The Morgan fingerprint density at radius 2 is 2.22 bits per heavy atom. The standard InChI is InChI=1S/C12H19FN4O/c1-12(18)4-3-6-17(7-5-12)10-9(13)8-15-11(14-2)16-10/h8,18H,3-7H2,1-2H3,(H,14,15,16). The first kappa shape index (κ1) is 13.0. The summed E-state index contributed by atoms with van der Waals surface area (Å²) in [5, 5.41) is 12.8. The fraction of sp³-hybridized carbons (Fsp3) is 0.667. The first-order valence-electron chi connectivity index (χ1n) is 6.19. The van der Waals surface area contributed by atoms with Gasteiger partial charge in [0, 0.05) is 20.1 Å². The van der Waals surface area contributed by atoms with Gasteiger partial charge in [-0.05, 0) is 26.2 Å². The highest BCUT2D eigenvalue weighted by Gasteiger charge is 2.26. The highest BCUT2D eigenvalue weighted by molar-refractivity contribution is 5.43. The topological polar surface area (TPSA) is 61.3 Å². The van der Waals surface area contributed by atoms with E-state index < -0.39 is 11.4 Å². The van der Waals surface area contributed by atoms with E-state index in [1.54, 1.807) is 7.05 Å². The van der Waals surface area contributed by atoms with Crippen molar-refractivity contribution in [2.24, 2.45) is 0 Å². The summed E-state index contributed by atoms with van der Waals surface area (Å²) in [6.45, 7) is 3.13. The number of aromatic nitrogens is 2. The Morgan fingerprint density at radius 1 is 1.44 bits per heavy atom. The summed E-state index contributed by atoms with van der Waals surface area (Å²) >= 11 is 0. The molecule has 2 rings (SSSR count). The molecule has 1 saturated heterocycles. The Kier molecular flexibility index (Phi) is 3.65. The third-order valence-corrected chi connectivity index (χ3v) is 3.31. The molecule has 0 aromatic carbocycles. The molecule has 0 bridgehead atoms. The van der Waals surface area contributed by atoms with Crippen LogP contribution >= 0.6 is 0 Å². The fourth-order valence-electron chi connectivity index (χ4n) is 2.18. The Labute approximate surface area is 106 Å². The zero-order valence-electron chi connectivity index (χ0n) is 10.8. The van der Waals surface area contributed by atoms with Gasteiger partial charge in [-0.15, -0.1) is 0 Å². The quantitative estimate of drug-likeness (QED) is 0.835. The average Bonchev–Trinajstić information content (AvgIpc) is 2.51. The monoisotopic (exact) mass is 254 g/mol. The Bertz CT molecular complexity index is 425. The van der Waals surface area contributed by atoms with Crippen molar-refractivity contribution >= 4 is 11.8 Å². The van der Waals surface area contributed by atoms with Gasteiger partial charge in [0.15, 0.2) is 11.6 Å². The number of hydrogen-bond donors (Lipinski definition) is 2. The van der Waals surface area contributed by atoms with Crippen LogP contribution in [0.25, 0.3) is 0 Å². The zero-order chi connectivity index (χ0) is 13.2. The van der Waals surface area contributed by atoms with Crippen LogP contribution in [0.3, 0.4) is 0 Å². The fourth-order valence-corrected chi connectivity index (χ4v) is 2.18. The van der Waals surface area contributed by atoms with E-state index in [1.807, 2.05) is 11.8 Å². The van der Waals surface area contributed by atoms with Crippen LogP contribution in [0.1, 0.15) is 26.2 Å². The summed E-state index contributed by atoms with van der Waals surface area (Å²) in [5.74, 6) is 0.296. The van der Waals surface area contributed by atoms with Crippen LogP contribution in [0.2, 0.25) is 0 Å². The number of nitrogens with one attached hydrogen (secondary N) is 1. The summed E-state index contributed by atoms with van der Waals surface area (Å²) in [4.78, 5) is 9.86. The molecule has 0 spiro atoms. The second-order valence-corrected chi connectivity index (χ2v) is 4.95. The van der Waals surface area contributed by atoms with Crippen LogP contribution in [0, 0.1) is 5.82 Å². The van der Waals surface area contributed by atoms with E-state index in [9.17, 15) is 9.50 Å². The van der Waals surface area contributed by atoms with E-state index in [0.717, 1.165) is 12.8 Å². The number of rotatable bonds is 2. The molecule has 2 N–H and O–H groups in total. The van der Waals surface area contributed by atoms with E-state index in [2.05, 4.69) is 15.3 Å². The average molecular weight is 254 g/mol. The van der Waals surface area contributed by atoms with Gasteiger partial charge in [0.1, 0.15) is 0 Å². The molecule has 1 fully saturated rings. The van der Waals surface area contributed by atoms with Crippen molar-refractivity contribution in [2.45, 2.75) is 31.8 Å². The Balaban J connectivity index is 2.20. The molecule has 1 aliphatic heterocycles. The van der Waals surface area contributed by atoms with Crippen LogP contribution < -0.4 is 10.2 Å². The summed E-state index contributed by atoms with van der Waals surface area (Å²) < 4.78 is 13.8. The van der Waals surface area contributed by atoms with Crippen molar-refractivity contribution in [1.82, 2.24) is 9.97 Å². The lowest BCUT2D eigenvalue weighted by molar-refractivity contribution is 0.0481. The number of anilines is 2. The summed E-state index contributed by atoms with van der Waals surface area (Å²) in [5.41, 5.74) is -0.663. The normalized spacial score (nSPS) is 24.8. The second-order valence-electron chi connectivity index (χ2n) is 4.95. The maximum Gasteiger partial charge on any atom is 0.224 e. The minimum absolute atomic E-state index is 0.312. The third kappa shape index (κ3) is 2.87. The molecule has 1 aromatic rings. The van der Waals surface area contributed by atoms with Crippen LogP contribution in [-0.4, -0.2) is 40.8 Å². The van der Waals surface area contributed by atoms with Gasteiger partial charge < -0.3 is 15.3 Å². The molecule has 5 nitrogen and oxygen atoms in total. The number of aliphatic hydroxyl groups is 1. The smallest absolute Gasteiger partial charge is 0.224 e. The molecule has 1 atom stereocenters. The summed E-state index contributed by atoms with van der Waals surface area (Å²) in [6.07, 6.45) is 3.35. The highest BCUT2D eigenvalue weighted by atomic mass is 19.1. The third-order valence-electron chi connectivity index (χ3n) is 3.31. The molecule has 1 unspecified atom stereocenters. The Hall–Kier alpha value is -1.43. The molecule has 2 heterocycles. The predicted octanol–water partition coefficient (Wildman–Crippen LogP) is 1.40. The lowest BCUT2D eigenvalue weighted by Crippen LogP contribution is -2.29. The first-order valence-corrected chi connectivity index (χ1v) is 6.19.